The van der Waals surface area contributed by atoms with Crippen LogP contribution in [0.3, 0.4) is 0 Å². The lowest BCUT2D eigenvalue weighted by atomic mass is 10.1. The van der Waals surface area contributed by atoms with Gasteiger partial charge >= 0.3 is 0 Å². The van der Waals surface area contributed by atoms with E-state index in [1.807, 2.05) is 18.2 Å². The first-order chi connectivity index (χ1) is 8.28. The predicted octanol–water partition coefficient (Wildman–Crippen LogP) is 2.73. The molecule has 90 valence electrons. The van der Waals surface area contributed by atoms with E-state index in [1.54, 1.807) is 0 Å². The van der Waals surface area contributed by atoms with E-state index in [4.69, 9.17) is 5.26 Å². The maximum Gasteiger partial charge on any atom is 0.0992 e. The molecular weight excluding hydrogens is 278 g/mol. The van der Waals surface area contributed by atoms with Gasteiger partial charge in [0.15, 0.2) is 0 Å². The van der Waals surface area contributed by atoms with Gasteiger partial charge in [0.1, 0.15) is 0 Å². The number of benzene rings is 1. The topological polar surface area (TPSA) is 47.9 Å². The fraction of sp³-hybridized carbons (Fsp3) is 0.462. The molecule has 1 atom stereocenters. The molecule has 1 aromatic carbocycles. The van der Waals surface area contributed by atoms with Crippen LogP contribution < -0.4 is 10.6 Å². The van der Waals surface area contributed by atoms with Gasteiger partial charge in [0, 0.05) is 16.7 Å². The Balaban J connectivity index is 1.85. The van der Waals surface area contributed by atoms with Crippen molar-refractivity contribution < 1.29 is 0 Å². The van der Waals surface area contributed by atoms with Crippen LogP contribution in [0.1, 0.15) is 18.4 Å². The summed E-state index contributed by atoms with van der Waals surface area (Å²) in [5, 5.41) is 15.6. The van der Waals surface area contributed by atoms with Gasteiger partial charge in [-0.25, -0.2) is 0 Å². The van der Waals surface area contributed by atoms with E-state index in [0.717, 1.165) is 35.7 Å². The molecule has 4 heteroatoms. The molecule has 2 N–H and O–H groups in total. The van der Waals surface area contributed by atoms with E-state index in [-0.39, 0.29) is 0 Å². The van der Waals surface area contributed by atoms with Crippen molar-refractivity contribution in [3.63, 3.8) is 0 Å². The average Bonchev–Trinajstić information content (AvgIpc) is 2.81. The Hall–Kier alpha value is -1.05. The van der Waals surface area contributed by atoms with Crippen LogP contribution in [0.4, 0.5) is 5.69 Å². The highest BCUT2D eigenvalue weighted by Gasteiger charge is 2.13. The van der Waals surface area contributed by atoms with Crippen LogP contribution in [-0.2, 0) is 0 Å². The second kappa shape index (κ2) is 6.04. The van der Waals surface area contributed by atoms with Gasteiger partial charge in [-0.05, 0) is 50.0 Å². The lowest BCUT2D eigenvalue weighted by molar-refractivity contribution is 0.549. The lowest BCUT2D eigenvalue weighted by Gasteiger charge is -2.10. The second-order valence-electron chi connectivity index (χ2n) is 4.41. The van der Waals surface area contributed by atoms with Crippen LogP contribution in [-0.4, -0.2) is 19.6 Å². The molecule has 1 heterocycles. The van der Waals surface area contributed by atoms with E-state index >= 15 is 0 Å². The molecule has 0 aromatic heterocycles. The summed E-state index contributed by atoms with van der Waals surface area (Å²) in [6.45, 7) is 3.26. The third kappa shape index (κ3) is 3.72. The van der Waals surface area contributed by atoms with Crippen LogP contribution >= 0.6 is 15.9 Å². The molecule has 1 fully saturated rings. The summed E-state index contributed by atoms with van der Waals surface area (Å²) in [5.41, 5.74) is 1.70. The molecule has 1 aliphatic rings. The minimum Gasteiger partial charge on any atom is -0.385 e. The number of rotatable bonds is 4. The molecule has 1 aliphatic heterocycles. The van der Waals surface area contributed by atoms with Gasteiger partial charge in [0.2, 0.25) is 0 Å². The van der Waals surface area contributed by atoms with Crippen molar-refractivity contribution in [2.75, 3.05) is 25.0 Å². The Morgan fingerprint density at radius 3 is 3.06 bits per heavy atom. The number of nitrogens with one attached hydrogen (secondary N) is 2. The standard InChI is InChI=1S/C13H16BrN3/c14-12-5-11(8-15)6-13(7-12)17-4-2-10-1-3-16-9-10/h5-7,10,16-17H,1-4,9H2. The maximum absolute atomic E-state index is 8.88. The van der Waals surface area contributed by atoms with E-state index in [1.165, 1.54) is 12.8 Å². The zero-order chi connectivity index (χ0) is 12.1. The van der Waals surface area contributed by atoms with Crippen molar-refractivity contribution in [2.45, 2.75) is 12.8 Å². The quantitative estimate of drug-likeness (QED) is 0.897. The van der Waals surface area contributed by atoms with Gasteiger partial charge < -0.3 is 10.6 Å². The highest BCUT2D eigenvalue weighted by atomic mass is 79.9. The number of hydrogen-bond acceptors (Lipinski definition) is 3. The van der Waals surface area contributed by atoms with Crippen LogP contribution in [0.15, 0.2) is 22.7 Å². The van der Waals surface area contributed by atoms with E-state index in [0.29, 0.717) is 5.56 Å². The van der Waals surface area contributed by atoms with E-state index in [2.05, 4.69) is 32.6 Å². The van der Waals surface area contributed by atoms with Crippen molar-refractivity contribution in [3.05, 3.63) is 28.2 Å². The van der Waals surface area contributed by atoms with Crippen molar-refractivity contribution in [3.8, 4) is 6.07 Å². The number of anilines is 1. The maximum atomic E-state index is 8.88. The zero-order valence-electron chi connectivity index (χ0n) is 9.67. The molecule has 0 amide bonds. The fourth-order valence-electron chi connectivity index (χ4n) is 2.14. The Labute approximate surface area is 110 Å². The number of nitrogens with zero attached hydrogens (tertiary/aromatic N) is 1. The Morgan fingerprint density at radius 2 is 2.35 bits per heavy atom. The molecule has 0 bridgehead atoms. The first-order valence-electron chi connectivity index (χ1n) is 5.93. The highest BCUT2D eigenvalue weighted by molar-refractivity contribution is 9.10. The van der Waals surface area contributed by atoms with Crippen molar-refractivity contribution in [1.82, 2.24) is 5.32 Å². The van der Waals surface area contributed by atoms with Gasteiger partial charge in [0.05, 0.1) is 11.6 Å². The summed E-state index contributed by atoms with van der Waals surface area (Å²) in [6, 6.07) is 7.88. The Bertz CT molecular complexity index is 419. The molecule has 3 nitrogen and oxygen atoms in total. The second-order valence-corrected chi connectivity index (χ2v) is 5.33. The summed E-state index contributed by atoms with van der Waals surface area (Å²) >= 11 is 3.41. The van der Waals surface area contributed by atoms with Crippen molar-refractivity contribution in [1.29, 1.82) is 5.26 Å². The molecule has 0 aliphatic carbocycles. The Kier molecular flexibility index (Phi) is 4.41. The number of nitriles is 1. The third-order valence-corrected chi connectivity index (χ3v) is 3.53. The largest absolute Gasteiger partial charge is 0.385 e. The lowest BCUT2D eigenvalue weighted by Crippen LogP contribution is -2.12. The van der Waals surface area contributed by atoms with Crippen LogP contribution in [0.2, 0.25) is 0 Å². The van der Waals surface area contributed by atoms with E-state index in [9.17, 15) is 0 Å². The molecule has 17 heavy (non-hydrogen) atoms. The summed E-state index contributed by atoms with van der Waals surface area (Å²) in [7, 11) is 0. The number of halogens is 1. The smallest absolute Gasteiger partial charge is 0.0992 e. The van der Waals surface area contributed by atoms with Gasteiger partial charge in [-0.1, -0.05) is 15.9 Å². The molecule has 1 unspecified atom stereocenters. The fourth-order valence-corrected chi connectivity index (χ4v) is 2.63. The molecule has 2 rings (SSSR count). The summed E-state index contributed by atoms with van der Waals surface area (Å²) in [5.74, 6) is 0.796. The molecule has 0 saturated carbocycles. The minimum absolute atomic E-state index is 0.685. The predicted molar refractivity (Wildman–Crippen MR) is 72.9 cm³/mol. The molecular formula is C13H16BrN3. The minimum atomic E-state index is 0.685. The van der Waals surface area contributed by atoms with Gasteiger partial charge in [0.25, 0.3) is 0 Å². The van der Waals surface area contributed by atoms with Crippen molar-refractivity contribution >= 4 is 21.6 Å². The van der Waals surface area contributed by atoms with Crippen molar-refractivity contribution in [2.24, 2.45) is 5.92 Å². The van der Waals surface area contributed by atoms with E-state index < -0.39 is 0 Å². The number of hydrogen-bond donors (Lipinski definition) is 2. The molecule has 1 aromatic rings. The first-order valence-corrected chi connectivity index (χ1v) is 6.72. The SMILES string of the molecule is N#Cc1cc(Br)cc(NCCC2CCNC2)c1. The van der Waals surface area contributed by atoms with Gasteiger partial charge in [-0.2, -0.15) is 5.26 Å². The summed E-state index contributed by atoms with van der Waals surface area (Å²) < 4.78 is 0.946. The summed E-state index contributed by atoms with van der Waals surface area (Å²) in [6.07, 6.45) is 2.46. The first kappa shape index (κ1) is 12.4. The highest BCUT2D eigenvalue weighted by Crippen LogP contribution is 2.20. The molecule has 1 saturated heterocycles. The summed E-state index contributed by atoms with van der Waals surface area (Å²) in [4.78, 5) is 0. The Morgan fingerprint density at radius 1 is 1.47 bits per heavy atom. The van der Waals surface area contributed by atoms with Crippen LogP contribution in [0.5, 0.6) is 0 Å². The normalized spacial score (nSPS) is 18.9. The van der Waals surface area contributed by atoms with Gasteiger partial charge in [-0.15, -0.1) is 0 Å². The zero-order valence-corrected chi connectivity index (χ0v) is 11.3. The van der Waals surface area contributed by atoms with Gasteiger partial charge in [-0.3, -0.25) is 0 Å². The van der Waals surface area contributed by atoms with Crippen LogP contribution in [0.25, 0.3) is 0 Å². The average molecular weight is 294 g/mol. The molecule has 0 spiro atoms. The third-order valence-electron chi connectivity index (χ3n) is 3.07. The van der Waals surface area contributed by atoms with Crippen LogP contribution in [0, 0.1) is 17.2 Å². The molecule has 0 radical (unpaired) electrons. The monoisotopic (exact) mass is 293 g/mol.